The van der Waals surface area contributed by atoms with E-state index in [9.17, 15) is 9.59 Å². The van der Waals surface area contributed by atoms with Crippen molar-refractivity contribution in [2.75, 3.05) is 6.61 Å². The molecule has 0 aromatic rings. The van der Waals surface area contributed by atoms with Gasteiger partial charge in [0.1, 0.15) is 11.9 Å². The van der Waals surface area contributed by atoms with E-state index >= 15 is 0 Å². The van der Waals surface area contributed by atoms with Gasteiger partial charge in [-0.15, -0.1) is 0 Å². The van der Waals surface area contributed by atoms with Crippen LogP contribution in [0.5, 0.6) is 0 Å². The third kappa shape index (κ3) is 3.23. The monoisotopic (exact) mass is 394 g/mol. The summed E-state index contributed by atoms with van der Waals surface area (Å²) in [5.74, 6) is 0.399. The molecule has 3 rings (SSSR count). The van der Waals surface area contributed by atoms with Crippen molar-refractivity contribution in [2.45, 2.75) is 96.9 Å². The molecule has 0 spiro atoms. The molecule has 1 heterocycles. The Kier molecular flexibility index (Phi) is 5.00. The first-order valence-electron chi connectivity index (χ1n) is 10.6. The highest BCUT2D eigenvalue weighted by Gasteiger charge is 2.65. The number of fused-ring (bicyclic) bond motifs is 3. The zero-order valence-corrected chi connectivity index (χ0v) is 19.3. The summed E-state index contributed by atoms with van der Waals surface area (Å²) in [5, 5.41) is 0.129. The zero-order valence-electron chi connectivity index (χ0n) is 18.3. The fourth-order valence-electron chi connectivity index (χ4n) is 6.03. The maximum atomic E-state index is 12.4. The van der Waals surface area contributed by atoms with Crippen molar-refractivity contribution in [1.82, 2.24) is 0 Å². The van der Waals surface area contributed by atoms with Crippen molar-refractivity contribution in [3.8, 4) is 0 Å². The molecule has 0 aromatic heterocycles. The molecular formula is C22H38O4Si. The second-order valence-corrected chi connectivity index (χ2v) is 16.2. The molecule has 2 saturated carbocycles. The van der Waals surface area contributed by atoms with Crippen LogP contribution in [0.1, 0.15) is 73.1 Å². The van der Waals surface area contributed by atoms with Crippen LogP contribution < -0.4 is 0 Å². The maximum absolute atomic E-state index is 12.4. The van der Waals surface area contributed by atoms with Gasteiger partial charge in [0.15, 0.2) is 8.32 Å². The van der Waals surface area contributed by atoms with Gasteiger partial charge in [-0.05, 0) is 55.1 Å². The second-order valence-electron chi connectivity index (χ2n) is 11.4. The minimum absolute atomic E-state index is 0.0326. The Labute approximate surface area is 165 Å². The summed E-state index contributed by atoms with van der Waals surface area (Å²) in [6.45, 7) is 16.2. The molecule has 3 fully saturated rings. The van der Waals surface area contributed by atoms with Crippen molar-refractivity contribution >= 4 is 20.6 Å². The molecule has 5 atom stereocenters. The Morgan fingerprint density at radius 2 is 1.85 bits per heavy atom. The first kappa shape index (κ1) is 21.0. The highest BCUT2D eigenvalue weighted by atomic mass is 28.4. The lowest BCUT2D eigenvalue weighted by atomic mass is 9.45. The Bertz CT molecular complexity index is 624. The van der Waals surface area contributed by atoms with Crippen LogP contribution in [-0.2, 0) is 18.8 Å². The molecule has 0 amide bonds. The normalized spacial score (nSPS) is 42.3. The summed E-state index contributed by atoms with van der Waals surface area (Å²) >= 11 is 0. The van der Waals surface area contributed by atoms with E-state index in [0.717, 1.165) is 32.1 Å². The van der Waals surface area contributed by atoms with E-state index in [1.54, 1.807) is 0 Å². The lowest BCUT2D eigenvalue weighted by Crippen LogP contribution is -2.60. The smallest absolute Gasteiger partial charge is 0.306 e. The van der Waals surface area contributed by atoms with Gasteiger partial charge in [0.05, 0.1) is 13.0 Å². The van der Waals surface area contributed by atoms with Gasteiger partial charge in [-0.3, -0.25) is 4.79 Å². The first-order valence-corrected chi connectivity index (χ1v) is 13.5. The lowest BCUT2D eigenvalue weighted by molar-refractivity contribution is -0.180. The fraction of sp³-hybridized carbons (Fsp3) is 0.909. The fourth-order valence-corrected chi connectivity index (χ4v) is 7.07. The van der Waals surface area contributed by atoms with Crippen LogP contribution in [0.2, 0.25) is 18.1 Å². The van der Waals surface area contributed by atoms with E-state index < -0.39 is 13.9 Å². The van der Waals surface area contributed by atoms with Crippen molar-refractivity contribution in [3.05, 3.63) is 0 Å². The Balaban J connectivity index is 1.91. The summed E-state index contributed by atoms with van der Waals surface area (Å²) in [4.78, 5) is 24.4. The third-order valence-corrected chi connectivity index (χ3v) is 13.2. The predicted molar refractivity (Wildman–Crippen MR) is 109 cm³/mol. The molecule has 0 aromatic carbocycles. The van der Waals surface area contributed by atoms with Crippen LogP contribution in [0, 0.1) is 22.7 Å². The molecule has 1 unspecified atom stereocenters. The molecule has 1 aliphatic heterocycles. The van der Waals surface area contributed by atoms with Crippen LogP contribution in [0.25, 0.3) is 0 Å². The van der Waals surface area contributed by atoms with Crippen molar-refractivity contribution in [3.63, 3.8) is 0 Å². The average Bonchev–Trinajstić information content (AvgIpc) is 2.90. The van der Waals surface area contributed by atoms with Gasteiger partial charge in [0, 0.05) is 11.3 Å². The summed E-state index contributed by atoms with van der Waals surface area (Å²) < 4.78 is 12.6. The molecule has 3 aliphatic rings. The topological polar surface area (TPSA) is 52.6 Å². The predicted octanol–water partition coefficient (Wildman–Crippen LogP) is 5.12. The molecule has 5 heteroatoms. The van der Waals surface area contributed by atoms with Crippen LogP contribution >= 0.6 is 0 Å². The van der Waals surface area contributed by atoms with Gasteiger partial charge in [0.25, 0.3) is 0 Å². The number of rotatable bonds is 4. The van der Waals surface area contributed by atoms with Crippen molar-refractivity contribution < 1.29 is 18.8 Å². The quantitative estimate of drug-likeness (QED) is 0.377. The number of aldehydes is 1. The molecule has 154 valence electrons. The van der Waals surface area contributed by atoms with Crippen molar-refractivity contribution in [2.24, 2.45) is 22.7 Å². The van der Waals surface area contributed by atoms with Gasteiger partial charge in [-0.25, -0.2) is 0 Å². The van der Waals surface area contributed by atoms with Crippen LogP contribution in [-0.4, -0.2) is 32.8 Å². The Hall–Kier alpha value is -0.683. The van der Waals surface area contributed by atoms with Gasteiger partial charge < -0.3 is 14.0 Å². The SMILES string of the molecule is CC(C)(C)[Si](C)(C)OC[C@]12CC[C@H]3[C@](C)(C=O)CCC[C@]3(C)C1CC(=O)O2. The lowest BCUT2D eigenvalue weighted by Gasteiger charge is -2.59. The molecular weight excluding hydrogens is 356 g/mol. The Morgan fingerprint density at radius 3 is 2.44 bits per heavy atom. The van der Waals surface area contributed by atoms with E-state index in [0.29, 0.717) is 18.9 Å². The molecule has 4 nitrogen and oxygen atoms in total. The zero-order chi connectivity index (χ0) is 20.3. The average molecular weight is 395 g/mol. The molecule has 2 aliphatic carbocycles. The summed E-state index contributed by atoms with van der Waals surface area (Å²) in [7, 11) is -1.93. The minimum atomic E-state index is -1.93. The second kappa shape index (κ2) is 6.41. The van der Waals surface area contributed by atoms with Gasteiger partial charge >= 0.3 is 5.97 Å². The van der Waals surface area contributed by atoms with E-state index in [-0.39, 0.29) is 27.8 Å². The standard InChI is InChI=1S/C22H38O4Si/c1-19(2,3)27(6,7)25-15-22-12-9-16-20(4,14-23)10-8-11-21(16,5)17(22)13-18(24)26-22/h14,16-17H,8-13,15H2,1-7H3/t16-,17?,20-,21-,22+/m0/s1. The summed E-state index contributed by atoms with van der Waals surface area (Å²) in [6, 6.07) is 0. The largest absolute Gasteiger partial charge is 0.456 e. The van der Waals surface area contributed by atoms with Crippen LogP contribution in [0.15, 0.2) is 0 Å². The highest BCUT2D eigenvalue weighted by molar-refractivity contribution is 6.74. The van der Waals surface area contributed by atoms with Crippen molar-refractivity contribution in [1.29, 1.82) is 0 Å². The molecule has 1 saturated heterocycles. The molecule has 0 radical (unpaired) electrons. The number of esters is 1. The van der Waals surface area contributed by atoms with Crippen LogP contribution in [0.4, 0.5) is 0 Å². The number of hydrogen-bond donors (Lipinski definition) is 0. The van der Waals surface area contributed by atoms with Gasteiger partial charge in [-0.2, -0.15) is 0 Å². The Morgan fingerprint density at radius 1 is 1.19 bits per heavy atom. The summed E-state index contributed by atoms with van der Waals surface area (Å²) in [5.41, 5.74) is -0.806. The number of ether oxygens (including phenoxy) is 1. The third-order valence-electron chi connectivity index (χ3n) is 8.75. The molecule has 27 heavy (non-hydrogen) atoms. The summed E-state index contributed by atoms with van der Waals surface area (Å²) in [6.07, 6.45) is 6.51. The van der Waals surface area contributed by atoms with E-state index in [1.807, 2.05) is 0 Å². The highest BCUT2D eigenvalue weighted by Crippen LogP contribution is 2.65. The van der Waals surface area contributed by atoms with Crippen LogP contribution in [0.3, 0.4) is 0 Å². The number of carbonyl (C=O) groups is 2. The first-order chi connectivity index (χ1) is 12.3. The van der Waals surface area contributed by atoms with Gasteiger partial charge in [0.2, 0.25) is 0 Å². The minimum Gasteiger partial charge on any atom is -0.456 e. The number of hydrogen-bond acceptors (Lipinski definition) is 4. The van der Waals surface area contributed by atoms with E-state index in [2.05, 4.69) is 47.7 Å². The van der Waals surface area contributed by atoms with E-state index in [1.165, 1.54) is 6.29 Å². The van der Waals surface area contributed by atoms with E-state index in [4.69, 9.17) is 9.16 Å². The molecule has 0 N–H and O–H groups in total. The number of carbonyl (C=O) groups excluding carboxylic acids is 2. The molecule has 0 bridgehead atoms. The maximum Gasteiger partial charge on any atom is 0.306 e. The van der Waals surface area contributed by atoms with Gasteiger partial charge in [-0.1, -0.05) is 41.0 Å².